The Balaban J connectivity index is 2.02. The van der Waals surface area contributed by atoms with E-state index in [2.05, 4.69) is 21.3 Å². The highest BCUT2D eigenvalue weighted by molar-refractivity contribution is 8.76. The van der Waals surface area contributed by atoms with Crippen molar-refractivity contribution in [1.82, 2.24) is 21.3 Å². The SMILES string of the molecule is O=C(O)CNC(=O)[C@H](CSSC[C@H](NC(=O)c1ccccc1)C(=O)NCC(=O)O)NC(=O)c1ccccc1. The van der Waals surface area contributed by atoms with E-state index in [9.17, 15) is 28.8 Å². The van der Waals surface area contributed by atoms with Crippen LogP contribution in [0, 0.1) is 0 Å². The van der Waals surface area contributed by atoms with Crippen molar-refractivity contribution in [2.75, 3.05) is 24.6 Å². The van der Waals surface area contributed by atoms with Crippen LogP contribution in [0.25, 0.3) is 0 Å². The summed E-state index contributed by atoms with van der Waals surface area (Å²) < 4.78 is 0. The van der Waals surface area contributed by atoms with Crippen molar-refractivity contribution in [1.29, 1.82) is 0 Å². The van der Waals surface area contributed by atoms with Crippen LogP contribution in [-0.2, 0) is 19.2 Å². The van der Waals surface area contributed by atoms with Gasteiger partial charge in [-0.2, -0.15) is 0 Å². The van der Waals surface area contributed by atoms with Gasteiger partial charge in [0.1, 0.15) is 25.2 Å². The molecule has 2 atom stereocenters. The van der Waals surface area contributed by atoms with Gasteiger partial charge >= 0.3 is 11.9 Å². The second-order valence-corrected chi connectivity index (χ2v) is 10.1. The van der Waals surface area contributed by atoms with Crippen molar-refractivity contribution < 1.29 is 39.0 Å². The molecule has 0 radical (unpaired) electrons. The smallest absolute Gasteiger partial charge is 0.322 e. The average Bonchev–Trinajstić information content (AvgIpc) is 2.91. The molecule has 0 heterocycles. The summed E-state index contributed by atoms with van der Waals surface area (Å²) in [5.74, 6) is -4.98. The lowest BCUT2D eigenvalue weighted by Gasteiger charge is -2.19. The quantitative estimate of drug-likeness (QED) is 0.131. The fourth-order valence-electron chi connectivity index (χ4n) is 2.83. The third-order valence-corrected chi connectivity index (χ3v) is 7.12. The number of rotatable bonds is 15. The van der Waals surface area contributed by atoms with Crippen molar-refractivity contribution in [3.05, 3.63) is 71.8 Å². The highest BCUT2D eigenvalue weighted by Crippen LogP contribution is 2.23. The van der Waals surface area contributed by atoms with Gasteiger partial charge in [0.2, 0.25) is 11.8 Å². The Kier molecular flexibility index (Phi) is 12.7. The summed E-state index contributed by atoms with van der Waals surface area (Å²) in [5, 5.41) is 27.3. The maximum atomic E-state index is 12.5. The highest BCUT2D eigenvalue weighted by Gasteiger charge is 2.25. The molecule has 0 aromatic heterocycles. The van der Waals surface area contributed by atoms with Crippen LogP contribution in [0.4, 0.5) is 0 Å². The van der Waals surface area contributed by atoms with E-state index in [1.165, 1.54) is 0 Å². The lowest BCUT2D eigenvalue weighted by Crippen LogP contribution is -2.49. The summed E-state index contributed by atoms with van der Waals surface area (Å²) in [6, 6.07) is 14.1. The average molecular weight is 563 g/mol. The molecule has 2 rings (SSSR count). The molecule has 0 aliphatic heterocycles. The Morgan fingerprint density at radius 2 is 0.947 bits per heavy atom. The van der Waals surface area contributed by atoms with E-state index in [-0.39, 0.29) is 11.5 Å². The maximum absolute atomic E-state index is 12.5. The van der Waals surface area contributed by atoms with Gasteiger partial charge in [0, 0.05) is 22.6 Å². The summed E-state index contributed by atoms with van der Waals surface area (Å²) in [6.07, 6.45) is 0. The molecule has 2 aromatic carbocycles. The molecule has 0 unspecified atom stereocenters. The number of carbonyl (C=O) groups excluding carboxylic acids is 4. The van der Waals surface area contributed by atoms with E-state index in [4.69, 9.17) is 10.2 Å². The first-order chi connectivity index (χ1) is 18.2. The Bertz CT molecular complexity index is 1050. The number of carboxylic acid groups (broad SMARTS) is 2. The van der Waals surface area contributed by atoms with Gasteiger partial charge in [-0.05, 0) is 24.3 Å². The van der Waals surface area contributed by atoms with Gasteiger partial charge < -0.3 is 31.5 Å². The second kappa shape index (κ2) is 15.9. The molecule has 0 bridgehead atoms. The third kappa shape index (κ3) is 10.9. The molecular weight excluding hydrogens is 536 g/mol. The number of carboxylic acids is 2. The van der Waals surface area contributed by atoms with Crippen molar-refractivity contribution in [3.63, 3.8) is 0 Å². The van der Waals surface area contributed by atoms with Gasteiger partial charge in [0.25, 0.3) is 11.8 Å². The Labute approximate surface area is 225 Å². The zero-order valence-electron chi connectivity index (χ0n) is 19.9. The van der Waals surface area contributed by atoms with E-state index in [0.717, 1.165) is 21.6 Å². The van der Waals surface area contributed by atoms with Crippen LogP contribution in [0.15, 0.2) is 60.7 Å². The first kappa shape index (κ1) is 30.2. The second-order valence-electron chi connectivity index (χ2n) is 7.58. The molecule has 0 spiro atoms. The van der Waals surface area contributed by atoms with Gasteiger partial charge in [0.05, 0.1) is 0 Å². The molecule has 38 heavy (non-hydrogen) atoms. The highest BCUT2D eigenvalue weighted by atomic mass is 33.1. The van der Waals surface area contributed by atoms with Crippen molar-refractivity contribution in [3.8, 4) is 0 Å². The predicted molar refractivity (Wildman–Crippen MR) is 142 cm³/mol. The minimum Gasteiger partial charge on any atom is -0.480 e. The van der Waals surface area contributed by atoms with Gasteiger partial charge in [-0.3, -0.25) is 28.8 Å². The van der Waals surface area contributed by atoms with E-state index in [1.807, 2.05) is 0 Å². The zero-order chi connectivity index (χ0) is 27.9. The molecule has 0 aliphatic rings. The minimum atomic E-state index is -1.25. The summed E-state index contributed by atoms with van der Waals surface area (Å²) in [4.78, 5) is 71.8. The largest absolute Gasteiger partial charge is 0.480 e. The lowest BCUT2D eigenvalue weighted by atomic mass is 10.2. The number of aliphatic carboxylic acids is 2. The summed E-state index contributed by atoms with van der Waals surface area (Å²) in [7, 11) is 2.20. The Morgan fingerprint density at radius 1 is 0.605 bits per heavy atom. The van der Waals surface area contributed by atoms with Gasteiger partial charge in [-0.1, -0.05) is 58.0 Å². The molecule has 4 amide bonds. The molecule has 0 fully saturated rings. The van der Waals surface area contributed by atoms with Crippen LogP contribution in [0.5, 0.6) is 0 Å². The van der Waals surface area contributed by atoms with Crippen molar-refractivity contribution >= 4 is 57.2 Å². The van der Waals surface area contributed by atoms with E-state index in [1.54, 1.807) is 60.7 Å². The van der Waals surface area contributed by atoms with Crippen molar-refractivity contribution in [2.45, 2.75) is 12.1 Å². The summed E-state index contributed by atoms with van der Waals surface area (Å²) in [5.41, 5.74) is 0.611. The van der Waals surface area contributed by atoms with Crippen LogP contribution in [-0.4, -0.2) is 82.5 Å². The summed E-state index contributed by atoms with van der Waals surface area (Å²) >= 11 is 0. The van der Waals surface area contributed by atoms with Crippen LogP contribution in [0.3, 0.4) is 0 Å². The third-order valence-electron chi connectivity index (χ3n) is 4.70. The van der Waals surface area contributed by atoms with Gasteiger partial charge in [-0.15, -0.1) is 0 Å². The molecular formula is C24H26N4O8S2. The maximum Gasteiger partial charge on any atom is 0.322 e. The first-order valence-electron chi connectivity index (χ1n) is 11.1. The van der Waals surface area contributed by atoms with E-state index >= 15 is 0 Å². The van der Waals surface area contributed by atoms with Crippen LogP contribution >= 0.6 is 21.6 Å². The lowest BCUT2D eigenvalue weighted by molar-refractivity contribution is -0.138. The topological polar surface area (TPSA) is 191 Å². The molecule has 202 valence electrons. The summed E-state index contributed by atoms with van der Waals surface area (Å²) in [6.45, 7) is -1.27. The van der Waals surface area contributed by atoms with Crippen LogP contribution in [0.2, 0.25) is 0 Å². The minimum absolute atomic E-state index is 0.00475. The zero-order valence-corrected chi connectivity index (χ0v) is 21.6. The van der Waals surface area contributed by atoms with Gasteiger partial charge in [-0.25, -0.2) is 0 Å². The number of amides is 4. The fraction of sp³-hybridized carbons (Fsp3) is 0.250. The Morgan fingerprint density at radius 3 is 1.26 bits per heavy atom. The monoisotopic (exact) mass is 562 g/mol. The first-order valence-corrected chi connectivity index (χ1v) is 13.6. The number of hydrogen-bond donors (Lipinski definition) is 6. The fourth-order valence-corrected chi connectivity index (χ4v) is 5.16. The number of hydrogen-bond acceptors (Lipinski definition) is 8. The molecule has 6 N–H and O–H groups in total. The molecule has 0 saturated heterocycles. The normalized spacial score (nSPS) is 11.9. The molecule has 12 nitrogen and oxygen atoms in total. The molecule has 14 heteroatoms. The Hall–Kier alpha value is -4.04. The standard InChI is InChI=1S/C24H26N4O8S2/c29-19(30)11-25-23(35)17(27-21(33)15-7-3-1-4-8-15)13-37-38-14-18(24(36)26-12-20(31)32)28-22(34)16-9-5-2-6-10-16/h1-10,17-18H,11-14H2,(H,25,35)(H,26,36)(H,27,33)(H,28,34)(H,29,30)(H,31,32)/t17-,18-/m0/s1. The van der Waals surface area contributed by atoms with Crippen LogP contribution in [0.1, 0.15) is 20.7 Å². The molecule has 0 aliphatic carbocycles. The number of benzene rings is 2. The molecule has 2 aromatic rings. The number of nitrogens with one attached hydrogen (secondary N) is 4. The van der Waals surface area contributed by atoms with E-state index in [0.29, 0.717) is 11.1 Å². The van der Waals surface area contributed by atoms with Crippen LogP contribution < -0.4 is 21.3 Å². The van der Waals surface area contributed by atoms with Gasteiger partial charge in [0.15, 0.2) is 0 Å². The number of carbonyl (C=O) groups is 6. The van der Waals surface area contributed by atoms with Crippen molar-refractivity contribution in [2.24, 2.45) is 0 Å². The van der Waals surface area contributed by atoms with E-state index < -0.39 is 60.7 Å². The molecule has 0 saturated carbocycles. The predicted octanol–water partition coefficient (Wildman–Crippen LogP) is 0.367.